The first kappa shape index (κ1) is 8.98. The predicted octanol–water partition coefficient (Wildman–Crippen LogP) is 1.14. The fourth-order valence-electron chi connectivity index (χ4n) is 1.24. The molecule has 0 atom stereocenters. The molecule has 2 aromatic rings. The molecule has 4 nitrogen and oxygen atoms in total. The predicted molar refractivity (Wildman–Crippen MR) is 55.3 cm³/mol. The van der Waals surface area contributed by atoms with Crippen LogP contribution >= 0.6 is 11.3 Å². The lowest BCUT2D eigenvalue weighted by molar-refractivity contribution is 0.0957. The fourth-order valence-corrected chi connectivity index (χ4v) is 2.03. The summed E-state index contributed by atoms with van der Waals surface area (Å²) >= 11 is 1.37. The van der Waals surface area contributed by atoms with Gasteiger partial charge >= 0.3 is 0 Å². The van der Waals surface area contributed by atoms with E-state index in [2.05, 4.69) is 5.43 Å². The van der Waals surface area contributed by atoms with Crippen molar-refractivity contribution in [3.63, 3.8) is 0 Å². The van der Waals surface area contributed by atoms with E-state index in [1.54, 1.807) is 0 Å². The minimum absolute atomic E-state index is 0.260. The zero-order valence-electron chi connectivity index (χ0n) is 7.31. The SMILES string of the molecule is NNC(=O)c1sccc1-n1cccc1. The van der Waals surface area contributed by atoms with E-state index in [4.69, 9.17) is 5.84 Å². The van der Waals surface area contributed by atoms with Crippen molar-refractivity contribution < 1.29 is 4.79 Å². The molecule has 0 radical (unpaired) electrons. The summed E-state index contributed by atoms with van der Waals surface area (Å²) in [5, 5.41) is 1.86. The summed E-state index contributed by atoms with van der Waals surface area (Å²) in [6, 6.07) is 5.69. The molecule has 0 unspecified atom stereocenters. The zero-order chi connectivity index (χ0) is 9.97. The smallest absolute Gasteiger partial charge is 0.277 e. The molecule has 0 aliphatic carbocycles. The highest BCUT2D eigenvalue weighted by Gasteiger charge is 2.12. The number of aromatic nitrogens is 1. The third-order valence-electron chi connectivity index (χ3n) is 1.86. The molecule has 0 fully saturated rings. The van der Waals surface area contributed by atoms with Gasteiger partial charge in [-0.1, -0.05) is 0 Å². The van der Waals surface area contributed by atoms with Crippen molar-refractivity contribution in [1.29, 1.82) is 0 Å². The zero-order valence-corrected chi connectivity index (χ0v) is 8.12. The summed E-state index contributed by atoms with van der Waals surface area (Å²) in [7, 11) is 0. The summed E-state index contributed by atoms with van der Waals surface area (Å²) < 4.78 is 1.88. The molecule has 14 heavy (non-hydrogen) atoms. The number of hydrogen-bond acceptors (Lipinski definition) is 3. The molecular weight excluding hydrogens is 198 g/mol. The van der Waals surface area contributed by atoms with E-state index >= 15 is 0 Å². The Kier molecular flexibility index (Phi) is 2.34. The van der Waals surface area contributed by atoms with Crippen LogP contribution in [0.3, 0.4) is 0 Å². The molecule has 0 saturated carbocycles. The number of nitrogen functional groups attached to an aromatic ring is 1. The number of nitrogens with zero attached hydrogens (tertiary/aromatic N) is 1. The van der Waals surface area contributed by atoms with Crippen molar-refractivity contribution in [2.45, 2.75) is 0 Å². The topological polar surface area (TPSA) is 60.0 Å². The largest absolute Gasteiger partial charge is 0.322 e. The average Bonchev–Trinajstić information content (AvgIpc) is 2.85. The van der Waals surface area contributed by atoms with Gasteiger partial charge in [-0.05, 0) is 23.6 Å². The van der Waals surface area contributed by atoms with Gasteiger partial charge in [0, 0.05) is 12.4 Å². The maximum absolute atomic E-state index is 11.4. The first-order valence-electron chi connectivity index (χ1n) is 4.04. The van der Waals surface area contributed by atoms with Crippen molar-refractivity contribution in [3.05, 3.63) is 40.8 Å². The molecule has 3 N–H and O–H groups in total. The van der Waals surface area contributed by atoms with E-state index in [0.29, 0.717) is 4.88 Å². The van der Waals surface area contributed by atoms with Crippen LogP contribution in [0.5, 0.6) is 0 Å². The Bertz CT molecular complexity index is 433. The van der Waals surface area contributed by atoms with Gasteiger partial charge in [-0.25, -0.2) is 5.84 Å². The molecule has 0 aromatic carbocycles. The first-order valence-corrected chi connectivity index (χ1v) is 4.92. The van der Waals surface area contributed by atoms with Crippen LogP contribution in [0.25, 0.3) is 5.69 Å². The highest BCUT2D eigenvalue weighted by Crippen LogP contribution is 2.20. The Balaban J connectivity index is 2.45. The molecule has 2 rings (SSSR count). The van der Waals surface area contributed by atoms with Crippen molar-refractivity contribution >= 4 is 17.2 Å². The van der Waals surface area contributed by atoms with Gasteiger partial charge in [0.15, 0.2) is 0 Å². The lowest BCUT2D eigenvalue weighted by atomic mass is 10.3. The average molecular weight is 207 g/mol. The van der Waals surface area contributed by atoms with Gasteiger partial charge in [0.25, 0.3) is 5.91 Å². The fraction of sp³-hybridized carbons (Fsp3) is 0. The molecule has 2 aromatic heterocycles. The second-order valence-electron chi connectivity index (χ2n) is 2.70. The van der Waals surface area contributed by atoms with E-state index in [9.17, 15) is 4.79 Å². The van der Waals surface area contributed by atoms with Crippen molar-refractivity contribution in [2.75, 3.05) is 0 Å². The summed E-state index contributed by atoms with van der Waals surface area (Å²) in [4.78, 5) is 12.0. The van der Waals surface area contributed by atoms with E-state index < -0.39 is 0 Å². The number of hydrazine groups is 1. The number of thiophene rings is 1. The number of carbonyl (C=O) groups is 1. The van der Waals surface area contributed by atoms with Crippen LogP contribution in [0, 0.1) is 0 Å². The first-order chi connectivity index (χ1) is 6.83. The summed E-state index contributed by atoms with van der Waals surface area (Å²) in [6.07, 6.45) is 3.77. The highest BCUT2D eigenvalue weighted by molar-refractivity contribution is 7.12. The van der Waals surface area contributed by atoms with Gasteiger partial charge in [-0.15, -0.1) is 11.3 Å². The molecule has 0 saturated heterocycles. The minimum atomic E-state index is -0.260. The Morgan fingerprint density at radius 1 is 1.43 bits per heavy atom. The quantitative estimate of drug-likeness (QED) is 0.441. The molecule has 72 valence electrons. The van der Waals surface area contributed by atoms with Gasteiger partial charge in [0.2, 0.25) is 0 Å². The molecule has 0 bridgehead atoms. The van der Waals surface area contributed by atoms with Gasteiger partial charge < -0.3 is 4.57 Å². The Labute approximate surface area is 84.9 Å². The van der Waals surface area contributed by atoms with Gasteiger partial charge in [-0.2, -0.15) is 0 Å². The van der Waals surface area contributed by atoms with E-state index in [0.717, 1.165) is 5.69 Å². The van der Waals surface area contributed by atoms with Gasteiger partial charge in [0.05, 0.1) is 5.69 Å². The maximum atomic E-state index is 11.4. The minimum Gasteiger partial charge on any atom is -0.322 e. The molecular formula is C9H9N3OS. The molecule has 2 heterocycles. The monoisotopic (exact) mass is 207 g/mol. The van der Waals surface area contributed by atoms with Crippen LogP contribution in [0.1, 0.15) is 9.67 Å². The number of hydrogen-bond donors (Lipinski definition) is 2. The second kappa shape index (κ2) is 3.65. The third-order valence-corrected chi connectivity index (χ3v) is 2.77. The Morgan fingerprint density at radius 3 is 2.79 bits per heavy atom. The molecule has 5 heteroatoms. The molecule has 0 spiro atoms. The highest BCUT2D eigenvalue weighted by atomic mass is 32.1. The van der Waals surface area contributed by atoms with Crippen LogP contribution in [-0.2, 0) is 0 Å². The molecule has 0 aliphatic rings. The number of amides is 1. The summed E-state index contributed by atoms with van der Waals surface area (Å²) in [5.41, 5.74) is 2.98. The van der Waals surface area contributed by atoms with Crippen molar-refractivity contribution in [3.8, 4) is 5.69 Å². The Hall–Kier alpha value is -1.59. The lowest BCUT2D eigenvalue weighted by Gasteiger charge is -2.02. The van der Waals surface area contributed by atoms with Crippen LogP contribution < -0.4 is 11.3 Å². The number of carbonyl (C=O) groups excluding carboxylic acids is 1. The molecule has 0 aliphatic heterocycles. The van der Waals surface area contributed by atoms with E-state index in [1.165, 1.54) is 11.3 Å². The van der Waals surface area contributed by atoms with Crippen molar-refractivity contribution in [2.24, 2.45) is 5.84 Å². The van der Waals surface area contributed by atoms with Gasteiger partial charge in [-0.3, -0.25) is 10.2 Å². The Morgan fingerprint density at radius 2 is 2.14 bits per heavy atom. The number of nitrogens with two attached hydrogens (primary N) is 1. The third kappa shape index (κ3) is 1.43. The van der Waals surface area contributed by atoms with E-state index in [-0.39, 0.29) is 5.91 Å². The number of nitrogens with one attached hydrogen (secondary N) is 1. The molecule has 1 amide bonds. The second-order valence-corrected chi connectivity index (χ2v) is 3.61. The van der Waals surface area contributed by atoms with Crippen LogP contribution in [0.15, 0.2) is 36.0 Å². The van der Waals surface area contributed by atoms with Crippen LogP contribution in [0.4, 0.5) is 0 Å². The maximum Gasteiger partial charge on any atom is 0.277 e. The van der Waals surface area contributed by atoms with Crippen LogP contribution in [-0.4, -0.2) is 10.5 Å². The standard InChI is InChI=1S/C9H9N3OS/c10-11-9(13)8-7(3-6-14-8)12-4-1-2-5-12/h1-6H,10H2,(H,11,13). The van der Waals surface area contributed by atoms with Crippen LogP contribution in [0.2, 0.25) is 0 Å². The normalized spacial score (nSPS) is 10.1. The number of rotatable bonds is 2. The summed E-state index contributed by atoms with van der Waals surface area (Å²) in [5.74, 6) is 4.82. The van der Waals surface area contributed by atoms with E-state index in [1.807, 2.05) is 40.5 Å². The van der Waals surface area contributed by atoms with Gasteiger partial charge in [0.1, 0.15) is 4.88 Å². The summed E-state index contributed by atoms with van der Waals surface area (Å²) in [6.45, 7) is 0. The van der Waals surface area contributed by atoms with Crippen molar-refractivity contribution in [1.82, 2.24) is 9.99 Å². The lowest BCUT2D eigenvalue weighted by Crippen LogP contribution is -2.29.